The molecule has 0 aliphatic heterocycles. The summed E-state index contributed by atoms with van der Waals surface area (Å²) in [5, 5.41) is 1.69. The minimum absolute atomic E-state index is 0.137. The number of nitrogens with zero attached hydrogens (tertiary/aromatic N) is 2. The SMILES string of the molecule is CCCn1c(SCC2CC2(Cl)Cl)nc2sc3c(c2c1=O)CCC3. The second kappa shape index (κ2) is 5.94. The molecule has 2 aromatic rings. The Morgan fingerprint density at radius 3 is 2.91 bits per heavy atom. The highest BCUT2D eigenvalue weighted by molar-refractivity contribution is 7.99. The fourth-order valence-electron chi connectivity index (χ4n) is 3.21. The topological polar surface area (TPSA) is 34.9 Å². The summed E-state index contributed by atoms with van der Waals surface area (Å²) in [4.78, 5) is 20.1. The molecule has 1 saturated carbocycles. The van der Waals surface area contributed by atoms with Crippen LogP contribution in [0.4, 0.5) is 0 Å². The first kappa shape index (κ1) is 16.2. The van der Waals surface area contributed by atoms with Gasteiger partial charge in [-0.1, -0.05) is 18.7 Å². The van der Waals surface area contributed by atoms with Crippen molar-refractivity contribution in [1.82, 2.24) is 9.55 Å². The van der Waals surface area contributed by atoms with Gasteiger partial charge in [-0.25, -0.2) is 4.98 Å². The van der Waals surface area contributed by atoms with Gasteiger partial charge in [0.05, 0.1) is 5.39 Å². The summed E-state index contributed by atoms with van der Waals surface area (Å²) < 4.78 is 1.28. The van der Waals surface area contributed by atoms with Gasteiger partial charge in [0.1, 0.15) is 9.16 Å². The zero-order valence-corrected chi connectivity index (χ0v) is 16.0. The molecule has 2 aliphatic carbocycles. The fraction of sp³-hybridized carbons (Fsp3) is 0.625. The van der Waals surface area contributed by atoms with Gasteiger partial charge >= 0.3 is 0 Å². The summed E-state index contributed by atoms with van der Waals surface area (Å²) in [5.41, 5.74) is 1.39. The number of halogens is 2. The van der Waals surface area contributed by atoms with Crippen molar-refractivity contribution in [3.8, 4) is 0 Å². The van der Waals surface area contributed by atoms with Crippen molar-refractivity contribution in [3.63, 3.8) is 0 Å². The number of hydrogen-bond donors (Lipinski definition) is 0. The van der Waals surface area contributed by atoms with Crippen LogP contribution in [-0.4, -0.2) is 19.6 Å². The number of alkyl halides is 2. The molecule has 7 heteroatoms. The highest BCUT2D eigenvalue weighted by atomic mass is 35.5. The van der Waals surface area contributed by atoms with Gasteiger partial charge in [-0.05, 0) is 37.7 Å². The molecule has 0 aromatic carbocycles. The zero-order valence-electron chi connectivity index (χ0n) is 12.9. The van der Waals surface area contributed by atoms with Crippen molar-refractivity contribution in [3.05, 3.63) is 20.8 Å². The maximum Gasteiger partial charge on any atom is 0.263 e. The van der Waals surface area contributed by atoms with Crippen LogP contribution in [0.15, 0.2) is 9.95 Å². The molecule has 0 saturated heterocycles. The molecule has 1 unspecified atom stereocenters. The lowest BCUT2D eigenvalue weighted by molar-refractivity contribution is 0.585. The third-order valence-electron chi connectivity index (χ3n) is 4.61. The smallest absolute Gasteiger partial charge is 0.263 e. The number of thiophene rings is 1. The monoisotopic (exact) mass is 388 g/mol. The van der Waals surface area contributed by atoms with E-state index in [9.17, 15) is 4.79 Å². The van der Waals surface area contributed by atoms with Gasteiger partial charge in [-0.3, -0.25) is 9.36 Å². The Bertz CT molecular complexity index is 828. The Hall–Kier alpha value is -0.230. The lowest BCUT2D eigenvalue weighted by atomic mass is 10.2. The Morgan fingerprint density at radius 2 is 2.22 bits per heavy atom. The van der Waals surface area contributed by atoms with E-state index in [2.05, 4.69) is 6.92 Å². The number of fused-ring (bicyclic) bond motifs is 3. The molecule has 2 aromatic heterocycles. The summed E-state index contributed by atoms with van der Waals surface area (Å²) in [6.07, 6.45) is 5.03. The quantitative estimate of drug-likeness (QED) is 0.424. The zero-order chi connectivity index (χ0) is 16.2. The van der Waals surface area contributed by atoms with E-state index in [-0.39, 0.29) is 5.56 Å². The minimum Gasteiger partial charge on any atom is -0.287 e. The summed E-state index contributed by atoms with van der Waals surface area (Å²) in [7, 11) is 0. The number of aryl methyl sites for hydroxylation is 2. The summed E-state index contributed by atoms with van der Waals surface area (Å²) >= 11 is 15.6. The van der Waals surface area contributed by atoms with Crippen LogP contribution in [0.1, 0.15) is 36.6 Å². The van der Waals surface area contributed by atoms with E-state index in [1.807, 2.05) is 4.57 Å². The van der Waals surface area contributed by atoms with Crippen molar-refractivity contribution < 1.29 is 0 Å². The van der Waals surface area contributed by atoms with Crippen molar-refractivity contribution in [2.24, 2.45) is 5.92 Å². The van der Waals surface area contributed by atoms with Crippen LogP contribution in [0.25, 0.3) is 10.2 Å². The first-order valence-electron chi connectivity index (χ1n) is 8.07. The van der Waals surface area contributed by atoms with E-state index >= 15 is 0 Å². The van der Waals surface area contributed by atoms with Crippen LogP contribution < -0.4 is 5.56 Å². The Morgan fingerprint density at radius 1 is 1.43 bits per heavy atom. The van der Waals surface area contributed by atoms with Crippen LogP contribution >= 0.6 is 46.3 Å². The largest absolute Gasteiger partial charge is 0.287 e. The summed E-state index contributed by atoms with van der Waals surface area (Å²) in [6, 6.07) is 0. The average molecular weight is 389 g/mol. The molecule has 1 fully saturated rings. The maximum absolute atomic E-state index is 13.0. The molecule has 2 heterocycles. The maximum atomic E-state index is 13.0. The van der Waals surface area contributed by atoms with Crippen molar-refractivity contribution in [2.45, 2.75) is 55.1 Å². The van der Waals surface area contributed by atoms with E-state index < -0.39 is 4.33 Å². The molecule has 124 valence electrons. The molecule has 3 nitrogen and oxygen atoms in total. The van der Waals surface area contributed by atoms with Crippen molar-refractivity contribution in [2.75, 3.05) is 5.75 Å². The first-order chi connectivity index (χ1) is 11.0. The molecule has 0 amide bonds. The van der Waals surface area contributed by atoms with Crippen LogP contribution in [0.3, 0.4) is 0 Å². The molecule has 0 radical (unpaired) electrons. The Balaban J connectivity index is 1.74. The number of aromatic nitrogens is 2. The lowest BCUT2D eigenvalue weighted by Crippen LogP contribution is -2.23. The van der Waals surface area contributed by atoms with Gasteiger partial charge in [-0.15, -0.1) is 34.5 Å². The molecular formula is C16H18Cl2N2OS2. The van der Waals surface area contributed by atoms with E-state index in [1.165, 1.54) is 10.4 Å². The second-order valence-electron chi connectivity index (χ2n) is 6.36. The molecular weight excluding hydrogens is 371 g/mol. The molecule has 23 heavy (non-hydrogen) atoms. The second-order valence-corrected chi connectivity index (χ2v) is 9.97. The predicted molar refractivity (Wildman–Crippen MR) is 99.5 cm³/mol. The van der Waals surface area contributed by atoms with Gasteiger partial charge in [0.15, 0.2) is 5.16 Å². The number of hydrogen-bond acceptors (Lipinski definition) is 4. The van der Waals surface area contributed by atoms with Crippen LogP contribution in [-0.2, 0) is 19.4 Å². The highest BCUT2D eigenvalue weighted by Gasteiger charge is 2.51. The van der Waals surface area contributed by atoms with Crippen molar-refractivity contribution >= 4 is 56.5 Å². The van der Waals surface area contributed by atoms with Gasteiger partial charge in [0, 0.05) is 23.1 Å². The minimum atomic E-state index is -0.572. The van der Waals surface area contributed by atoms with E-state index in [1.54, 1.807) is 23.1 Å². The van der Waals surface area contributed by atoms with Gasteiger partial charge in [0.2, 0.25) is 0 Å². The molecule has 1 atom stereocenters. The van der Waals surface area contributed by atoms with Crippen LogP contribution in [0.5, 0.6) is 0 Å². The van der Waals surface area contributed by atoms with Gasteiger partial charge < -0.3 is 0 Å². The van der Waals surface area contributed by atoms with E-state index in [0.717, 1.165) is 53.2 Å². The summed E-state index contributed by atoms with van der Waals surface area (Å²) in [6.45, 7) is 2.80. The van der Waals surface area contributed by atoms with Crippen LogP contribution in [0.2, 0.25) is 0 Å². The Labute approximate surface area is 153 Å². The standard InChI is InChI=1S/C16H18Cl2N2OS2/c1-2-6-20-14(21)12-10-4-3-5-11(10)23-13(12)19-15(20)22-8-9-7-16(9,17)18/h9H,2-8H2,1H3. The molecule has 4 rings (SSSR count). The first-order valence-corrected chi connectivity index (χ1v) is 10.6. The van der Waals surface area contributed by atoms with E-state index in [4.69, 9.17) is 28.2 Å². The molecule has 0 N–H and O–H groups in total. The molecule has 0 bridgehead atoms. The molecule has 0 spiro atoms. The normalized spacial score (nSPS) is 21.8. The number of rotatable bonds is 5. The van der Waals surface area contributed by atoms with Crippen molar-refractivity contribution in [1.29, 1.82) is 0 Å². The van der Waals surface area contributed by atoms with E-state index in [0.29, 0.717) is 12.5 Å². The number of thioether (sulfide) groups is 1. The van der Waals surface area contributed by atoms with Gasteiger partial charge in [0.25, 0.3) is 5.56 Å². The molecule has 2 aliphatic rings. The Kier molecular flexibility index (Phi) is 4.20. The predicted octanol–water partition coefficient (Wildman–Crippen LogP) is 4.64. The average Bonchev–Trinajstić information content (AvgIpc) is 2.85. The third-order valence-corrected chi connectivity index (χ3v) is 7.86. The highest BCUT2D eigenvalue weighted by Crippen LogP contribution is 2.54. The van der Waals surface area contributed by atoms with Gasteiger partial charge in [-0.2, -0.15) is 0 Å². The third kappa shape index (κ3) is 2.84. The lowest BCUT2D eigenvalue weighted by Gasteiger charge is -2.11. The fourth-order valence-corrected chi connectivity index (χ4v) is 6.47. The van der Waals surface area contributed by atoms with Crippen LogP contribution in [0, 0.1) is 5.92 Å². The summed E-state index contributed by atoms with van der Waals surface area (Å²) in [5.74, 6) is 1.12.